The predicted octanol–water partition coefficient (Wildman–Crippen LogP) is 2.89. The van der Waals surface area contributed by atoms with E-state index in [1.165, 1.54) is 12.1 Å². The number of benzene rings is 1. The van der Waals surface area contributed by atoms with Crippen molar-refractivity contribution >= 4 is 27.5 Å². The molecule has 18 heavy (non-hydrogen) atoms. The van der Waals surface area contributed by atoms with Gasteiger partial charge in [-0.3, -0.25) is 14.9 Å². The highest BCUT2D eigenvalue weighted by Gasteiger charge is 2.27. The highest BCUT2D eigenvalue weighted by Crippen LogP contribution is 2.20. The minimum absolute atomic E-state index is 0.0862. The van der Waals surface area contributed by atoms with E-state index >= 15 is 0 Å². The van der Waals surface area contributed by atoms with Crippen LogP contribution in [-0.4, -0.2) is 21.7 Å². The molecule has 1 atom stereocenters. The van der Waals surface area contributed by atoms with Crippen molar-refractivity contribution in [2.75, 3.05) is 5.33 Å². The Balaban J connectivity index is 3.01. The first kappa shape index (κ1) is 14.6. The molecule has 6 heteroatoms. The van der Waals surface area contributed by atoms with Gasteiger partial charge in [-0.15, -0.1) is 0 Å². The van der Waals surface area contributed by atoms with Crippen LogP contribution in [0.2, 0.25) is 0 Å². The molecule has 0 saturated heterocycles. The molecule has 1 rings (SSSR count). The van der Waals surface area contributed by atoms with Crippen molar-refractivity contribution < 1.29 is 9.72 Å². The molecule has 0 bridgehead atoms. The van der Waals surface area contributed by atoms with Gasteiger partial charge in [0.2, 0.25) is 0 Å². The number of nitro groups is 1. The zero-order valence-corrected chi connectivity index (χ0v) is 11.9. The average molecular weight is 315 g/mol. The van der Waals surface area contributed by atoms with Crippen LogP contribution < -0.4 is 5.32 Å². The fourth-order valence-corrected chi connectivity index (χ4v) is 1.92. The summed E-state index contributed by atoms with van der Waals surface area (Å²) in [5.74, 6) is -0.425. The van der Waals surface area contributed by atoms with Crippen molar-refractivity contribution in [3.05, 3.63) is 39.9 Å². The van der Waals surface area contributed by atoms with Gasteiger partial charge in [0, 0.05) is 16.9 Å². The zero-order valence-electron chi connectivity index (χ0n) is 10.3. The fraction of sp³-hybridized carbons (Fsp3) is 0.417. The van der Waals surface area contributed by atoms with Crippen LogP contribution in [0.4, 0.5) is 5.69 Å². The molecule has 1 amide bonds. The number of carbonyl (C=O) groups is 1. The Hall–Kier alpha value is -1.43. The van der Waals surface area contributed by atoms with Crippen molar-refractivity contribution in [1.82, 2.24) is 5.32 Å². The Bertz CT molecular complexity index is 458. The number of nitrogens with zero attached hydrogens (tertiary/aromatic N) is 1. The van der Waals surface area contributed by atoms with Gasteiger partial charge in [0.15, 0.2) is 0 Å². The van der Waals surface area contributed by atoms with Gasteiger partial charge in [-0.05, 0) is 19.4 Å². The Morgan fingerprint density at radius 1 is 1.50 bits per heavy atom. The molecule has 1 N–H and O–H groups in total. The number of carbonyl (C=O) groups excluding carboxylic acids is 1. The first-order chi connectivity index (χ1) is 8.43. The number of amides is 1. The molecule has 1 aromatic carbocycles. The van der Waals surface area contributed by atoms with Crippen LogP contribution in [0.3, 0.4) is 0 Å². The number of nitro benzene ring substituents is 1. The summed E-state index contributed by atoms with van der Waals surface area (Å²) in [6, 6.07) is 5.93. The monoisotopic (exact) mass is 314 g/mol. The van der Waals surface area contributed by atoms with Crippen LogP contribution in [0.15, 0.2) is 24.3 Å². The summed E-state index contributed by atoms with van der Waals surface area (Å²) < 4.78 is 0. The lowest BCUT2D eigenvalue weighted by Crippen LogP contribution is -2.47. The largest absolute Gasteiger partial charge is 0.346 e. The predicted molar refractivity (Wildman–Crippen MR) is 73.1 cm³/mol. The molecular formula is C12H15BrN2O3. The molecule has 0 aliphatic carbocycles. The van der Waals surface area contributed by atoms with Crippen molar-refractivity contribution in [2.45, 2.75) is 25.8 Å². The number of nitrogens with one attached hydrogen (secondary N) is 1. The number of rotatable bonds is 5. The van der Waals surface area contributed by atoms with Gasteiger partial charge >= 0.3 is 0 Å². The molecule has 0 saturated carbocycles. The minimum atomic E-state index is -0.549. The average Bonchev–Trinajstić information content (AvgIpc) is 2.38. The van der Waals surface area contributed by atoms with Gasteiger partial charge in [0.05, 0.1) is 4.92 Å². The lowest BCUT2D eigenvalue weighted by Gasteiger charge is -2.27. The zero-order chi connectivity index (χ0) is 13.8. The molecule has 0 heterocycles. The summed E-state index contributed by atoms with van der Waals surface area (Å²) in [7, 11) is 0. The Labute approximate surface area is 114 Å². The van der Waals surface area contributed by atoms with Gasteiger partial charge < -0.3 is 5.32 Å². The summed E-state index contributed by atoms with van der Waals surface area (Å²) in [6.07, 6.45) is 0.727. The standard InChI is InChI=1S/C12H15BrN2O3/c1-3-12(2,8-13)14-11(16)9-6-4-5-7-10(9)15(17)18/h4-7H,3,8H2,1-2H3,(H,14,16). The maximum absolute atomic E-state index is 12.1. The normalized spacial score (nSPS) is 13.7. The third-order valence-corrected chi connectivity index (χ3v) is 4.07. The lowest BCUT2D eigenvalue weighted by atomic mass is 10.0. The summed E-state index contributed by atoms with van der Waals surface area (Å²) in [6.45, 7) is 3.83. The van der Waals surface area contributed by atoms with Gasteiger partial charge in [-0.1, -0.05) is 35.0 Å². The van der Waals surface area contributed by atoms with Gasteiger partial charge in [-0.2, -0.15) is 0 Å². The number of alkyl halides is 1. The molecule has 0 fully saturated rings. The maximum atomic E-state index is 12.1. The molecule has 0 aliphatic rings. The van der Waals surface area contributed by atoms with E-state index in [9.17, 15) is 14.9 Å². The SMILES string of the molecule is CCC(C)(CBr)NC(=O)c1ccccc1[N+](=O)[O-]. The van der Waals surface area contributed by atoms with Crippen LogP contribution in [0, 0.1) is 10.1 Å². The molecule has 98 valence electrons. The topological polar surface area (TPSA) is 72.2 Å². The summed E-state index contributed by atoms with van der Waals surface area (Å²) in [4.78, 5) is 22.4. The second kappa shape index (κ2) is 5.95. The highest BCUT2D eigenvalue weighted by atomic mass is 79.9. The van der Waals surface area contributed by atoms with Crippen molar-refractivity contribution in [1.29, 1.82) is 0 Å². The van der Waals surface area contributed by atoms with E-state index in [0.29, 0.717) is 5.33 Å². The van der Waals surface area contributed by atoms with E-state index in [1.807, 2.05) is 13.8 Å². The highest BCUT2D eigenvalue weighted by molar-refractivity contribution is 9.09. The Morgan fingerprint density at radius 2 is 2.11 bits per heavy atom. The van der Waals surface area contributed by atoms with E-state index in [-0.39, 0.29) is 11.3 Å². The van der Waals surface area contributed by atoms with Crippen molar-refractivity contribution in [3.8, 4) is 0 Å². The van der Waals surface area contributed by atoms with Crippen LogP contribution >= 0.6 is 15.9 Å². The number of hydrogen-bond donors (Lipinski definition) is 1. The van der Waals surface area contributed by atoms with E-state index in [2.05, 4.69) is 21.2 Å². The quantitative estimate of drug-likeness (QED) is 0.516. The molecular weight excluding hydrogens is 300 g/mol. The fourth-order valence-electron chi connectivity index (χ4n) is 1.38. The molecule has 0 spiro atoms. The van der Waals surface area contributed by atoms with Crippen LogP contribution in [0.25, 0.3) is 0 Å². The molecule has 0 aliphatic heterocycles. The van der Waals surface area contributed by atoms with E-state index in [0.717, 1.165) is 6.42 Å². The summed E-state index contributed by atoms with van der Waals surface area (Å²) in [5.41, 5.74) is -0.507. The van der Waals surface area contributed by atoms with E-state index in [4.69, 9.17) is 0 Å². The first-order valence-electron chi connectivity index (χ1n) is 5.55. The summed E-state index contributed by atoms with van der Waals surface area (Å²) in [5, 5.41) is 14.2. The molecule has 1 aromatic rings. The number of hydrogen-bond acceptors (Lipinski definition) is 3. The minimum Gasteiger partial charge on any atom is -0.346 e. The molecule has 1 unspecified atom stereocenters. The van der Waals surface area contributed by atoms with Crippen LogP contribution in [0.1, 0.15) is 30.6 Å². The van der Waals surface area contributed by atoms with Crippen molar-refractivity contribution in [2.24, 2.45) is 0 Å². The molecule has 5 nitrogen and oxygen atoms in total. The Kier molecular flexibility index (Phi) is 4.84. The second-order valence-corrected chi connectivity index (χ2v) is 4.84. The van der Waals surface area contributed by atoms with E-state index in [1.54, 1.807) is 12.1 Å². The lowest BCUT2D eigenvalue weighted by molar-refractivity contribution is -0.385. The smallest absolute Gasteiger partial charge is 0.282 e. The molecule has 0 radical (unpaired) electrons. The first-order valence-corrected chi connectivity index (χ1v) is 6.67. The number of halogens is 1. The Morgan fingerprint density at radius 3 is 2.61 bits per heavy atom. The second-order valence-electron chi connectivity index (χ2n) is 4.28. The summed E-state index contributed by atoms with van der Waals surface area (Å²) >= 11 is 3.33. The van der Waals surface area contributed by atoms with Gasteiger partial charge in [0.25, 0.3) is 11.6 Å². The molecule has 0 aromatic heterocycles. The third-order valence-electron chi connectivity index (χ3n) is 2.84. The van der Waals surface area contributed by atoms with Crippen molar-refractivity contribution in [3.63, 3.8) is 0 Å². The third kappa shape index (κ3) is 3.29. The maximum Gasteiger partial charge on any atom is 0.282 e. The van der Waals surface area contributed by atoms with Gasteiger partial charge in [-0.25, -0.2) is 0 Å². The van der Waals surface area contributed by atoms with E-state index < -0.39 is 16.4 Å². The van der Waals surface area contributed by atoms with Crippen LogP contribution in [-0.2, 0) is 0 Å². The van der Waals surface area contributed by atoms with Crippen LogP contribution in [0.5, 0.6) is 0 Å². The van der Waals surface area contributed by atoms with Gasteiger partial charge in [0.1, 0.15) is 5.56 Å². The number of para-hydroxylation sites is 1.